The summed E-state index contributed by atoms with van der Waals surface area (Å²) in [4.78, 5) is 19.5. The lowest BCUT2D eigenvalue weighted by Gasteiger charge is -2.40. The number of para-hydroxylation sites is 2. The largest absolute Gasteiger partial charge is 0.378 e. The highest BCUT2D eigenvalue weighted by atomic mass is 16.5. The second-order valence-electron chi connectivity index (χ2n) is 6.91. The lowest BCUT2D eigenvalue weighted by atomic mass is 10.0. The third kappa shape index (κ3) is 4.09. The van der Waals surface area contributed by atoms with Crippen molar-refractivity contribution in [3.8, 4) is 0 Å². The molecular formula is C20H31N3O2. The molecule has 25 heavy (non-hydrogen) atoms. The van der Waals surface area contributed by atoms with Gasteiger partial charge in [-0.15, -0.1) is 0 Å². The fourth-order valence-corrected chi connectivity index (χ4v) is 3.87. The quantitative estimate of drug-likeness (QED) is 0.822. The Labute approximate surface area is 151 Å². The van der Waals surface area contributed by atoms with Crippen LogP contribution in [-0.2, 0) is 9.53 Å². The van der Waals surface area contributed by atoms with E-state index in [2.05, 4.69) is 52.8 Å². The number of rotatable bonds is 5. The molecule has 3 rings (SSSR count). The summed E-state index contributed by atoms with van der Waals surface area (Å²) in [6, 6.07) is 8.65. The molecule has 2 fully saturated rings. The SMILES string of the molecule is CCC(CC)C(=O)N1CCN(c2ccccc2N2CCOCC2)CC1. The molecule has 0 aliphatic carbocycles. The van der Waals surface area contributed by atoms with Crippen molar-refractivity contribution in [1.29, 1.82) is 0 Å². The van der Waals surface area contributed by atoms with Crippen LogP contribution in [-0.4, -0.2) is 63.3 Å². The average molecular weight is 345 g/mol. The minimum atomic E-state index is 0.187. The normalized spacial score (nSPS) is 18.8. The van der Waals surface area contributed by atoms with E-state index in [1.807, 2.05) is 0 Å². The fraction of sp³-hybridized carbons (Fsp3) is 0.650. The Morgan fingerprint density at radius 3 is 1.96 bits per heavy atom. The summed E-state index contributed by atoms with van der Waals surface area (Å²) in [7, 11) is 0. The second-order valence-corrected chi connectivity index (χ2v) is 6.91. The molecule has 5 heteroatoms. The topological polar surface area (TPSA) is 36.0 Å². The van der Waals surface area contributed by atoms with Crippen LogP contribution in [0.2, 0.25) is 0 Å². The van der Waals surface area contributed by atoms with Crippen LogP contribution in [0.4, 0.5) is 11.4 Å². The molecule has 1 aromatic rings. The number of piperazine rings is 1. The van der Waals surface area contributed by atoms with E-state index in [0.717, 1.165) is 65.3 Å². The van der Waals surface area contributed by atoms with Gasteiger partial charge < -0.3 is 19.4 Å². The molecule has 2 aliphatic rings. The number of amides is 1. The Kier molecular flexibility index (Phi) is 6.19. The van der Waals surface area contributed by atoms with E-state index in [-0.39, 0.29) is 5.92 Å². The number of hydrogen-bond donors (Lipinski definition) is 0. The first-order chi connectivity index (χ1) is 12.2. The van der Waals surface area contributed by atoms with Crippen LogP contribution in [0.15, 0.2) is 24.3 Å². The fourth-order valence-electron chi connectivity index (χ4n) is 3.87. The zero-order chi connectivity index (χ0) is 17.6. The zero-order valence-corrected chi connectivity index (χ0v) is 15.6. The van der Waals surface area contributed by atoms with E-state index >= 15 is 0 Å². The van der Waals surface area contributed by atoms with Crippen LogP contribution in [0.1, 0.15) is 26.7 Å². The zero-order valence-electron chi connectivity index (χ0n) is 15.6. The molecule has 0 aromatic heterocycles. The molecule has 0 atom stereocenters. The third-order valence-corrected chi connectivity index (χ3v) is 5.50. The van der Waals surface area contributed by atoms with Crippen molar-refractivity contribution < 1.29 is 9.53 Å². The first-order valence-corrected chi connectivity index (χ1v) is 9.70. The Bertz CT molecular complexity index is 560. The van der Waals surface area contributed by atoms with Crippen LogP contribution < -0.4 is 9.80 Å². The monoisotopic (exact) mass is 345 g/mol. The van der Waals surface area contributed by atoms with Crippen LogP contribution >= 0.6 is 0 Å². The van der Waals surface area contributed by atoms with E-state index < -0.39 is 0 Å². The summed E-state index contributed by atoms with van der Waals surface area (Å²) in [6.07, 6.45) is 1.88. The first kappa shape index (κ1) is 18.1. The van der Waals surface area contributed by atoms with Crippen molar-refractivity contribution in [3.05, 3.63) is 24.3 Å². The number of nitrogens with zero attached hydrogens (tertiary/aromatic N) is 3. The molecule has 5 nitrogen and oxygen atoms in total. The Balaban J connectivity index is 1.66. The van der Waals surface area contributed by atoms with Gasteiger partial charge in [-0.3, -0.25) is 4.79 Å². The maximum atomic E-state index is 12.6. The van der Waals surface area contributed by atoms with Crippen molar-refractivity contribution in [2.24, 2.45) is 5.92 Å². The molecule has 0 spiro atoms. The standard InChI is InChI=1S/C20H31N3O2/c1-3-17(4-2)20(24)23-11-9-21(10-12-23)18-7-5-6-8-19(18)22-13-15-25-16-14-22/h5-8,17H,3-4,9-16H2,1-2H3. The van der Waals surface area contributed by atoms with E-state index in [1.54, 1.807) is 0 Å². The molecule has 1 amide bonds. The predicted molar refractivity (Wildman–Crippen MR) is 102 cm³/mol. The molecule has 1 aromatic carbocycles. The summed E-state index contributed by atoms with van der Waals surface area (Å²) in [6.45, 7) is 11.2. The van der Waals surface area contributed by atoms with Gasteiger partial charge >= 0.3 is 0 Å². The number of hydrogen-bond acceptors (Lipinski definition) is 4. The minimum Gasteiger partial charge on any atom is -0.378 e. The molecule has 0 N–H and O–H groups in total. The van der Waals surface area contributed by atoms with Gasteiger partial charge in [0.05, 0.1) is 24.6 Å². The minimum absolute atomic E-state index is 0.187. The Hall–Kier alpha value is -1.75. The van der Waals surface area contributed by atoms with Crippen LogP contribution in [0.25, 0.3) is 0 Å². The van der Waals surface area contributed by atoms with Gasteiger partial charge in [0.1, 0.15) is 0 Å². The van der Waals surface area contributed by atoms with Crippen molar-refractivity contribution in [2.75, 3.05) is 62.3 Å². The molecule has 0 saturated carbocycles. The highest BCUT2D eigenvalue weighted by molar-refractivity contribution is 5.79. The highest BCUT2D eigenvalue weighted by Crippen LogP contribution is 2.30. The first-order valence-electron chi connectivity index (χ1n) is 9.70. The average Bonchev–Trinajstić information content (AvgIpc) is 2.69. The Morgan fingerprint density at radius 1 is 0.920 bits per heavy atom. The lowest BCUT2D eigenvalue weighted by molar-refractivity contribution is -0.136. The molecule has 0 bridgehead atoms. The summed E-state index contributed by atoms with van der Waals surface area (Å²) in [5.41, 5.74) is 2.59. The van der Waals surface area contributed by atoms with Crippen molar-refractivity contribution in [3.63, 3.8) is 0 Å². The van der Waals surface area contributed by atoms with Gasteiger partial charge in [-0.2, -0.15) is 0 Å². The lowest BCUT2D eigenvalue weighted by Crippen LogP contribution is -2.50. The van der Waals surface area contributed by atoms with Gasteiger partial charge in [-0.25, -0.2) is 0 Å². The van der Waals surface area contributed by atoms with Crippen molar-refractivity contribution in [2.45, 2.75) is 26.7 Å². The smallest absolute Gasteiger partial charge is 0.225 e. The number of carbonyl (C=O) groups excluding carboxylic acids is 1. The molecule has 138 valence electrons. The molecular weight excluding hydrogens is 314 g/mol. The molecule has 0 radical (unpaired) electrons. The molecule has 2 saturated heterocycles. The van der Waals surface area contributed by atoms with Gasteiger partial charge in [-0.05, 0) is 25.0 Å². The van der Waals surface area contributed by atoms with E-state index in [0.29, 0.717) is 5.91 Å². The number of benzene rings is 1. The van der Waals surface area contributed by atoms with Gasteiger partial charge in [-0.1, -0.05) is 26.0 Å². The molecule has 2 aliphatic heterocycles. The summed E-state index contributed by atoms with van der Waals surface area (Å²) < 4.78 is 5.49. The van der Waals surface area contributed by atoms with E-state index in [9.17, 15) is 4.79 Å². The van der Waals surface area contributed by atoms with Crippen molar-refractivity contribution in [1.82, 2.24) is 4.90 Å². The summed E-state index contributed by atoms with van der Waals surface area (Å²) in [5.74, 6) is 0.526. The number of ether oxygens (including phenoxy) is 1. The third-order valence-electron chi connectivity index (χ3n) is 5.50. The number of anilines is 2. The van der Waals surface area contributed by atoms with Gasteiger partial charge in [0.15, 0.2) is 0 Å². The van der Waals surface area contributed by atoms with Gasteiger partial charge in [0.2, 0.25) is 5.91 Å². The van der Waals surface area contributed by atoms with Gasteiger partial charge in [0.25, 0.3) is 0 Å². The van der Waals surface area contributed by atoms with E-state index in [4.69, 9.17) is 4.74 Å². The maximum absolute atomic E-state index is 12.6. The van der Waals surface area contributed by atoms with Crippen molar-refractivity contribution >= 4 is 17.3 Å². The molecule has 0 unspecified atom stereocenters. The number of morpholine rings is 1. The summed E-state index contributed by atoms with van der Waals surface area (Å²) >= 11 is 0. The highest BCUT2D eigenvalue weighted by Gasteiger charge is 2.27. The van der Waals surface area contributed by atoms with Crippen LogP contribution in [0.3, 0.4) is 0 Å². The summed E-state index contributed by atoms with van der Waals surface area (Å²) in [5, 5.41) is 0. The van der Waals surface area contributed by atoms with Crippen LogP contribution in [0.5, 0.6) is 0 Å². The predicted octanol–water partition coefficient (Wildman–Crippen LogP) is 2.61. The van der Waals surface area contributed by atoms with Gasteiger partial charge in [0, 0.05) is 45.2 Å². The second kappa shape index (κ2) is 8.56. The van der Waals surface area contributed by atoms with E-state index in [1.165, 1.54) is 11.4 Å². The Morgan fingerprint density at radius 2 is 1.44 bits per heavy atom. The maximum Gasteiger partial charge on any atom is 0.225 e. The molecule has 2 heterocycles. The number of carbonyl (C=O) groups is 1. The van der Waals surface area contributed by atoms with Crippen LogP contribution in [0, 0.1) is 5.92 Å².